The maximum atomic E-state index is 14.9. The van der Waals surface area contributed by atoms with Gasteiger partial charge in [0.15, 0.2) is 30.0 Å². The molecule has 1 aromatic carbocycles. The van der Waals surface area contributed by atoms with Crippen LogP contribution in [0.2, 0.25) is 0 Å². The van der Waals surface area contributed by atoms with Crippen LogP contribution in [0.15, 0.2) is 42.6 Å². The highest BCUT2D eigenvalue weighted by Crippen LogP contribution is 2.23. The molecule has 1 saturated heterocycles. The van der Waals surface area contributed by atoms with Gasteiger partial charge in [0.2, 0.25) is 29.5 Å². The summed E-state index contributed by atoms with van der Waals surface area (Å²) in [5.74, 6) is -11.8. The fourth-order valence-corrected chi connectivity index (χ4v) is 7.25. The number of ether oxygens (including phenoxy) is 4. The number of rotatable bonds is 12. The Labute approximate surface area is 397 Å². The van der Waals surface area contributed by atoms with Gasteiger partial charge in [-0.2, -0.15) is 0 Å². The van der Waals surface area contributed by atoms with E-state index in [1.807, 2.05) is 0 Å². The number of esters is 3. The van der Waals surface area contributed by atoms with Crippen molar-refractivity contribution in [3.63, 3.8) is 0 Å². The molecule has 1 aliphatic heterocycles. The highest BCUT2D eigenvalue weighted by atomic mass is 16.6. The predicted octanol–water partition coefficient (Wildman–Crippen LogP) is 0.441. The molecular weight excluding hydrogens is 889 g/mol. The first-order chi connectivity index (χ1) is 31.6. The molecule has 68 heavy (non-hydrogen) atoms. The van der Waals surface area contributed by atoms with Crippen molar-refractivity contribution in [1.29, 1.82) is 0 Å². The summed E-state index contributed by atoms with van der Waals surface area (Å²) in [6, 6.07) is 0.176. The average molecular weight is 959 g/mol. The molecule has 378 valence electrons. The average Bonchev–Trinajstić information content (AvgIpc) is 3.27. The number of hydrogen-bond acceptors (Lipinski definition) is 15. The third-order valence-corrected chi connectivity index (χ3v) is 11.7. The van der Waals surface area contributed by atoms with Crippen molar-refractivity contribution in [2.45, 2.75) is 143 Å². The Balaban J connectivity index is 2.89. The minimum absolute atomic E-state index is 0.210. The van der Waals surface area contributed by atoms with Gasteiger partial charge < -0.3 is 54.7 Å². The number of amides is 6. The number of carbonyl (C=O) groups excluding carboxylic acids is 10. The van der Waals surface area contributed by atoms with Crippen LogP contribution in [0.1, 0.15) is 81.2 Å². The van der Waals surface area contributed by atoms with E-state index in [1.54, 1.807) is 58.0 Å². The van der Waals surface area contributed by atoms with Gasteiger partial charge in [0.05, 0.1) is 17.9 Å². The zero-order chi connectivity index (χ0) is 52.1. The van der Waals surface area contributed by atoms with E-state index in [1.165, 1.54) is 55.9 Å². The summed E-state index contributed by atoms with van der Waals surface area (Å²) in [4.78, 5) is 141. The number of cyclic esters (lactones) is 2. The number of benzene rings is 1. The van der Waals surface area contributed by atoms with Crippen LogP contribution in [-0.2, 0) is 73.3 Å². The lowest BCUT2D eigenvalue weighted by Gasteiger charge is -2.38. The van der Waals surface area contributed by atoms with Crippen LogP contribution in [0.4, 0.5) is 0 Å². The summed E-state index contributed by atoms with van der Waals surface area (Å²) in [5, 5.41) is 18.3. The fraction of sp³-hybridized carbons (Fsp3) is 0.617. The van der Waals surface area contributed by atoms with Gasteiger partial charge in [0.1, 0.15) is 24.3 Å². The minimum atomic E-state index is -1.84. The second-order valence-electron chi connectivity index (χ2n) is 17.8. The largest absolute Gasteiger partial charge is 0.458 e. The molecule has 4 N–H and O–H groups in total. The summed E-state index contributed by atoms with van der Waals surface area (Å²) < 4.78 is 22.9. The Hall–Kier alpha value is -6.22. The monoisotopic (exact) mass is 958 g/mol. The molecule has 0 aromatic heterocycles. The number of methoxy groups -OCH3 is 1. The molecule has 1 aromatic rings. The molecule has 0 radical (unpaired) electrons. The van der Waals surface area contributed by atoms with Crippen molar-refractivity contribution in [3.05, 3.63) is 48.2 Å². The van der Waals surface area contributed by atoms with Crippen molar-refractivity contribution in [2.24, 2.45) is 17.8 Å². The zero-order valence-corrected chi connectivity index (χ0v) is 41.5. The van der Waals surface area contributed by atoms with E-state index in [2.05, 4.69) is 22.5 Å². The Morgan fingerprint density at radius 2 is 1.43 bits per heavy atom. The van der Waals surface area contributed by atoms with Gasteiger partial charge in [-0.3, -0.25) is 33.6 Å². The molecular formula is C47H70N6O15. The maximum Gasteiger partial charge on any atom is 0.333 e. The van der Waals surface area contributed by atoms with Crippen LogP contribution < -0.4 is 16.0 Å². The number of nitrogens with zero attached hydrogens (tertiary/aromatic N) is 3. The number of nitrogens with one attached hydrogen (secondary N) is 3. The normalized spacial score (nSPS) is 25.3. The first-order valence-corrected chi connectivity index (χ1v) is 22.3. The van der Waals surface area contributed by atoms with Gasteiger partial charge in [-0.25, -0.2) is 14.4 Å². The second kappa shape index (κ2) is 25.8. The van der Waals surface area contributed by atoms with E-state index >= 15 is 0 Å². The number of carbonyl (C=O) groups is 10. The van der Waals surface area contributed by atoms with Crippen LogP contribution in [-0.4, -0.2) is 168 Å². The second-order valence-corrected chi connectivity index (χ2v) is 17.8. The third kappa shape index (κ3) is 15.4. The van der Waals surface area contributed by atoms with Gasteiger partial charge in [0.25, 0.3) is 5.91 Å². The number of hydrogen-bond donors (Lipinski definition) is 4. The highest BCUT2D eigenvalue weighted by Gasteiger charge is 2.46. The van der Waals surface area contributed by atoms with E-state index in [-0.39, 0.29) is 12.1 Å². The van der Waals surface area contributed by atoms with Crippen molar-refractivity contribution in [3.8, 4) is 0 Å². The topological polar surface area (TPSA) is 274 Å². The standard InChI is InChI=1S/C47H70N6O15/c1-23(2)39(57)36(49-31(11)55)46(63)68-40(24(3)4)37-44(61)53(14)38(29(9)65-15)47(64)66-28(8)35(48-30(10)54)45(62)67-34(22-32-19-17-16-18-20-32)43(60)51(12)26(6)33(56)21-25(5)42(59)52(13)27(7)41(58)50-37/h16-20,23-25,27-29,34-40,57H,6,21-22H2,1-5,7-15H3,(H,48,54)(H,49,55)(H,50,58)/t25-,27+,28-,29-,34-,35+,36+,37+,38?,39-,40-/m1/s1. The van der Waals surface area contributed by atoms with Crippen LogP contribution >= 0.6 is 0 Å². The van der Waals surface area contributed by atoms with E-state index in [0.717, 1.165) is 28.5 Å². The lowest BCUT2D eigenvalue weighted by molar-refractivity contribution is -0.174. The number of ketones is 1. The molecule has 6 amide bonds. The summed E-state index contributed by atoms with van der Waals surface area (Å²) in [6.45, 7) is 17.7. The summed E-state index contributed by atoms with van der Waals surface area (Å²) in [7, 11) is 4.93. The molecule has 1 fully saturated rings. The van der Waals surface area contributed by atoms with Crippen molar-refractivity contribution in [2.75, 3.05) is 28.3 Å². The first-order valence-electron chi connectivity index (χ1n) is 22.3. The molecule has 0 saturated carbocycles. The molecule has 1 aliphatic rings. The van der Waals surface area contributed by atoms with Crippen molar-refractivity contribution in [1.82, 2.24) is 30.7 Å². The van der Waals surface area contributed by atoms with E-state index in [9.17, 15) is 53.1 Å². The fourth-order valence-electron chi connectivity index (χ4n) is 7.25. The van der Waals surface area contributed by atoms with Crippen molar-refractivity contribution < 1.29 is 72.0 Å². The Bertz CT molecular complexity index is 2030. The lowest BCUT2D eigenvalue weighted by atomic mass is 9.95. The molecule has 21 heteroatoms. The molecule has 21 nitrogen and oxygen atoms in total. The van der Waals surface area contributed by atoms with E-state index < -0.39 is 144 Å². The molecule has 0 bridgehead atoms. The van der Waals surface area contributed by atoms with Gasteiger partial charge >= 0.3 is 17.9 Å². The van der Waals surface area contributed by atoms with Gasteiger partial charge in [-0.15, -0.1) is 0 Å². The molecule has 0 spiro atoms. The minimum Gasteiger partial charge on any atom is -0.458 e. The van der Waals surface area contributed by atoms with Crippen molar-refractivity contribution >= 4 is 59.1 Å². The van der Waals surface area contributed by atoms with Gasteiger partial charge in [-0.05, 0) is 38.2 Å². The molecule has 1 heterocycles. The summed E-state index contributed by atoms with van der Waals surface area (Å²) in [5.41, 5.74) is 0.179. The first kappa shape index (κ1) is 57.9. The van der Waals surface area contributed by atoms with E-state index in [0.29, 0.717) is 5.56 Å². The molecule has 2 rings (SSSR count). The lowest BCUT2D eigenvalue weighted by Crippen LogP contribution is -2.63. The Morgan fingerprint density at radius 3 is 1.94 bits per heavy atom. The van der Waals surface area contributed by atoms with Gasteiger partial charge in [0, 0.05) is 60.9 Å². The maximum absolute atomic E-state index is 14.9. The zero-order valence-electron chi connectivity index (χ0n) is 41.5. The molecule has 1 unspecified atom stereocenters. The number of Topliss-reactive ketones (excluding diaryl/α,β-unsaturated/α-hetero) is 1. The SMILES string of the molecule is C=C1C(=O)C[C@@H](C)C(=O)N(C)[C@@H](C)C(=O)N[C@@H]([C@H](OC(=O)[C@@H](NC(C)=O)[C@H](O)C(C)C)C(C)C)C(=O)N(C)C([C@@H](C)OC)C(=O)O[C@H](C)[C@H](NC(C)=O)C(=O)O[C@H](Cc2ccccc2)C(=O)N1C. The van der Waals surface area contributed by atoms with E-state index in [4.69, 9.17) is 18.9 Å². The third-order valence-electron chi connectivity index (χ3n) is 11.7. The van der Waals surface area contributed by atoms with Crippen LogP contribution in [0, 0.1) is 17.8 Å². The molecule has 11 atom stereocenters. The van der Waals surface area contributed by atoms with Gasteiger partial charge in [-0.1, -0.05) is 71.5 Å². The summed E-state index contributed by atoms with van der Waals surface area (Å²) in [6.07, 6.45) is -8.09. The smallest absolute Gasteiger partial charge is 0.333 e. The Kier molecular flexibility index (Phi) is 22.0. The highest BCUT2D eigenvalue weighted by molar-refractivity contribution is 6.02. The number of likely N-dealkylation sites (N-methyl/N-ethyl adjacent to an activating group) is 3. The number of aliphatic hydroxyl groups is 1. The number of aliphatic hydroxyl groups excluding tert-OH is 1. The Morgan fingerprint density at radius 1 is 0.838 bits per heavy atom. The summed E-state index contributed by atoms with van der Waals surface area (Å²) >= 11 is 0. The number of allylic oxidation sites excluding steroid dienone is 1. The van der Waals surface area contributed by atoms with Crippen LogP contribution in [0.5, 0.6) is 0 Å². The quantitative estimate of drug-likeness (QED) is 0.126. The van der Waals surface area contributed by atoms with Crippen LogP contribution in [0.3, 0.4) is 0 Å². The molecule has 0 aliphatic carbocycles. The van der Waals surface area contributed by atoms with Crippen LogP contribution in [0.25, 0.3) is 0 Å². The predicted molar refractivity (Wildman–Crippen MR) is 244 cm³/mol.